The van der Waals surface area contributed by atoms with E-state index in [0.29, 0.717) is 21.4 Å². The molecule has 2 heterocycles. The van der Waals surface area contributed by atoms with Gasteiger partial charge in [-0.25, -0.2) is 4.98 Å². The minimum atomic E-state index is -0.550. The van der Waals surface area contributed by atoms with Gasteiger partial charge in [0.05, 0.1) is 21.4 Å². The van der Waals surface area contributed by atoms with Gasteiger partial charge in [0.25, 0.3) is 5.91 Å². The van der Waals surface area contributed by atoms with Crippen LogP contribution in [0.4, 0.5) is 5.69 Å². The lowest BCUT2D eigenvalue weighted by Gasteiger charge is -2.07. The molecular formula is C10H11BrN4O. The Balaban J connectivity index is 2.94. The van der Waals surface area contributed by atoms with Crippen LogP contribution >= 0.6 is 15.9 Å². The maximum atomic E-state index is 11.2. The number of imidazole rings is 1. The number of hydrogen-bond acceptors (Lipinski definition) is 3. The number of amides is 1. The fraction of sp³-hybridized carbons (Fsp3) is 0.200. The number of aromatic nitrogens is 2. The lowest BCUT2D eigenvalue weighted by molar-refractivity contribution is 0.100. The first kappa shape index (κ1) is 10.9. The summed E-state index contributed by atoms with van der Waals surface area (Å²) in [6.45, 7) is 3.82. The van der Waals surface area contributed by atoms with Gasteiger partial charge >= 0.3 is 0 Å². The molecule has 0 unspecified atom stereocenters. The number of primary amides is 1. The van der Waals surface area contributed by atoms with E-state index in [-0.39, 0.29) is 0 Å². The fourth-order valence-electron chi connectivity index (χ4n) is 1.57. The van der Waals surface area contributed by atoms with Crippen molar-refractivity contribution in [3.05, 3.63) is 27.6 Å². The number of carbonyl (C=O) groups is 1. The molecule has 0 aliphatic rings. The number of fused-ring (bicyclic) bond motifs is 1. The van der Waals surface area contributed by atoms with Crippen LogP contribution in [0.25, 0.3) is 5.65 Å². The van der Waals surface area contributed by atoms with Crippen LogP contribution in [0.2, 0.25) is 0 Å². The van der Waals surface area contributed by atoms with Crippen molar-refractivity contribution in [1.82, 2.24) is 9.38 Å². The Bertz CT molecular complexity index is 603. The summed E-state index contributed by atoms with van der Waals surface area (Å²) in [4.78, 5) is 15.6. The molecule has 0 atom stereocenters. The molecule has 5 nitrogen and oxygen atoms in total. The van der Waals surface area contributed by atoms with Crippen LogP contribution in [0.1, 0.15) is 21.7 Å². The standard InChI is InChI=1S/C10H11BrN4O/c1-4-5(2)15-3-6(9(13)16)8(12)7(11)10(15)14-4/h3H,12H2,1-2H3,(H2,13,16). The molecule has 0 radical (unpaired) electrons. The van der Waals surface area contributed by atoms with Gasteiger partial charge in [0, 0.05) is 11.9 Å². The molecule has 0 bridgehead atoms. The number of carbonyl (C=O) groups excluding carboxylic acids is 1. The van der Waals surface area contributed by atoms with Gasteiger partial charge in [-0.3, -0.25) is 4.79 Å². The summed E-state index contributed by atoms with van der Waals surface area (Å²) < 4.78 is 2.40. The Morgan fingerprint density at radius 2 is 2.12 bits per heavy atom. The summed E-state index contributed by atoms with van der Waals surface area (Å²) >= 11 is 3.33. The largest absolute Gasteiger partial charge is 0.397 e. The highest BCUT2D eigenvalue weighted by molar-refractivity contribution is 9.10. The number of rotatable bonds is 1. The normalized spacial score (nSPS) is 10.9. The Morgan fingerprint density at radius 1 is 1.50 bits per heavy atom. The van der Waals surface area contributed by atoms with Gasteiger partial charge in [-0.15, -0.1) is 0 Å². The van der Waals surface area contributed by atoms with Crippen LogP contribution in [0.15, 0.2) is 10.7 Å². The highest BCUT2D eigenvalue weighted by Crippen LogP contribution is 2.29. The predicted octanol–water partition coefficient (Wildman–Crippen LogP) is 1.39. The van der Waals surface area contributed by atoms with E-state index >= 15 is 0 Å². The van der Waals surface area contributed by atoms with E-state index < -0.39 is 5.91 Å². The maximum Gasteiger partial charge on any atom is 0.252 e. The maximum absolute atomic E-state index is 11.2. The van der Waals surface area contributed by atoms with Gasteiger partial charge in [-0.2, -0.15) is 0 Å². The minimum Gasteiger partial charge on any atom is -0.397 e. The van der Waals surface area contributed by atoms with Crippen molar-refractivity contribution in [2.24, 2.45) is 5.73 Å². The number of nitrogens with zero attached hydrogens (tertiary/aromatic N) is 2. The van der Waals surface area contributed by atoms with Gasteiger partial charge in [-0.05, 0) is 29.8 Å². The second-order valence-corrected chi connectivity index (χ2v) is 4.40. The first-order chi connectivity index (χ1) is 7.43. The number of aryl methyl sites for hydroxylation is 2. The molecule has 2 aromatic heterocycles. The van der Waals surface area contributed by atoms with Crippen molar-refractivity contribution in [1.29, 1.82) is 0 Å². The lowest BCUT2D eigenvalue weighted by Crippen LogP contribution is -2.15. The van der Waals surface area contributed by atoms with Crippen molar-refractivity contribution < 1.29 is 4.79 Å². The molecule has 0 saturated heterocycles. The van der Waals surface area contributed by atoms with Gasteiger partial charge < -0.3 is 15.9 Å². The predicted molar refractivity (Wildman–Crippen MR) is 65.3 cm³/mol. The minimum absolute atomic E-state index is 0.292. The van der Waals surface area contributed by atoms with E-state index in [9.17, 15) is 4.79 Å². The van der Waals surface area contributed by atoms with Gasteiger partial charge in [-0.1, -0.05) is 0 Å². The number of halogens is 1. The molecular weight excluding hydrogens is 272 g/mol. The highest BCUT2D eigenvalue weighted by Gasteiger charge is 2.16. The van der Waals surface area contributed by atoms with Gasteiger partial charge in [0.2, 0.25) is 0 Å². The number of nitrogens with two attached hydrogens (primary N) is 2. The summed E-state index contributed by atoms with van der Waals surface area (Å²) in [5.41, 5.74) is 14.2. The summed E-state index contributed by atoms with van der Waals surface area (Å²) in [5.74, 6) is -0.550. The number of nitrogen functional groups attached to an aromatic ring is 1. The van der Waals surface area contributed by atoms with Crippen LogP contribution in [-0.4, -0.2) is 15.3 Å². The van der Waals surface area contributed by atoms with E-state index in [4.69, 9.17) is 11.5 Å². The number of anilines is 1. The third-order valence-corrected chi connectivity index (χ3v) is 3.42. The van der Waals surface area contributed by atoms with Crippen molar-refractivity contribution in [3.63, 3.8) is 0 Å². The second kappa shape index (κ2) is 3.48. The quantitative estimate of drug-likeness (QED) is 0.829. The first-order valence-corrected chi connectivity index (χ1v) is 5.45. The molecule has 2 rings (SSSR count). The highest BCUT2D eigenvalue weighted by atomic mass is 79.9. The van der Waals surface area contributed by atoms with E-state index in [2.05, 4.69) is 20.9 Å². The Kier molecular flexibility index (Phi) is 2.38. The molecule has 0 saturated carbocycles. The summed E-state index contributed by atoms with van der Waals surface area (Å²) in [6, 6.07) is 0. The van der Waals surface area contributed by atoms with Gasteiger partial charge in [0.15, 0.2) is 5.65 Å². The molecule has 0 spiro atoms. The van der Waals surface area contributed by atoms with Crippen LogP contribution < -0.4 is 11.5 Å². The molecule has 2 aromatic rings. The third-order valence-electron chi connectivity index (χ3n) is 2.63. The average Bonchev–Trinajstić information content (AvgIpc) is 2.50. The van der Waals surface area contributed by atoms with E-state index in [1.165, 1.54) is 0 Å². The molecule has 6 heteroatoms. The number of pyridine rings is 1. The molecule has 0 fully saturated rings. The molecule has 16 heavy (non-hydrogen) atoms. The smallest absolute Gasteiger partial charge is 0.252 e. The fourth-order valence-corrected chi connectivity index (χ4v) is 2.07. The molecule has 0 aliphatic heterocycles. The Morgan fingerprint density at radius 3 is 2.69 bits per heavy atom. The van der Waals surface area contributed by atoms with Crippen molar-refractivity contribution >= 4 is 33.2 Å². The lowest BCUT2D eigenvalue weighted by atomic mass is 10.2. The molecule has 1 amide bonds. The summed E-state index contributed by atoms with van der Waals surface area (Å²) in [7, 11) is 0. The average molecular weight is 283 g/mol. The summed E-state index contributed by atoms with van der Waals surface area (Å²) in [6.07, 6.45) is 1.62. The zero-order chi connectivity index (χ0) is 12.0. The number of hydrogen-bond donors (Lipinski definition) is 2. The Hall–Kier alpha value is -1.56. The third kappa shape index (κ3) is 1.37. The molecule has 0 aromatic carbocycles. The van der Waals surface area contributed by atoms with Crippen LogP contribution in [0, 0.1) is 13.8 Å². The first-order valence-electron chi connectivity index (χ1n) is 4.66. The SMILES string of the molecule is Cc1nc2c(Br)c(N)c(C(N)=O)cn2c1C. The van der Waals surface area contributed by atoms with Crippen molar-refractivity contribution in [2.75, 3.05) is 5.73 Å². The van der Waals surface area contributed by atoms with Crippen LogP contribution in [-0.2, 0) is 0 Å². The topological polar surface area (TPSA) is 86.4 Å². The van der Waals surface area contributed by atoms with Crippen LogP contribution in [0.3, 0.4) is 0 Å². The Labute approximate surface area is 101 Å². The van der Waals surface area contributed by atoms with E-state index in [1.54, 1.807) is 10.6 Å². The zero-order valence-corrected chi connectivity index (χ0v) is 10.5. The molecule has 0 aliphatic carbocycles. The van der Waals surface area contributed by atoms with Crippen molar-refractivity contribution in [3.8, 4) is 0 Å². The van der Waals surface area contributed by atoms with Crippen molar-refractivity contribution in [2.45, 2.75) is 13.8 Å². The van der Waals surface area contributed by atoms with E-state index in [1.807, 2.05) is 13.8 Å². The summed E-state index contributed by atoms with van der Waals surface area (Å²) in [5, 5.41) is 0. The molecule has 84 valence electrons. The second-order valence-electron chi connectivity index (χ2n) is 3.61. The van der Waals surface area contributed by atoms with E-state index in [0.717, 1.165) is 11.4 Å². The molecule has 4 N–H and O–H groups in total. The van der Waals surface area contributed by atoms with Gasteiger partial charge in [0.1, 0.15) is 0 Å². The zero-order valence-electron chi connectivity index (χ0n) is 8.91. The monoisotopic (exact) mass is 282 g/mol. The van der Waals surface area contributed by atoms with Crippen LogP contribution in [0.5, 0.6) is 0 Å².